The fourth-order valence-corrected chi connectivity index (χ4v) is 2.66. The molecule has 1 nitrogen and oxygen atoms in total. The first-order chi connectivity index (χ1) is 7.17. The summed E-state index contributed by atoms with van der Waals surface area (Å²) in [7, 11) is 0. The predicted molar refractivity (Wildman–Crippen MR) is 65.8 cm³/mol. The molecule has 0 bridgehead atoms. The summed E-state index contributed by atoms with van der Waals surface area (Å²) in [6.07, 6.45) is 8.08. The monoisotopic (exact) mass is 210 g/mol. The van der Waals surface area contributed by atoms with Crippen molar-refractivity contribution in [1.29, 1.82) is 0 Å². The zero-order valence-corrected chi connectivity index (χ0v) is 10.3. The molecule has 0 amide bonds. The van der Waals surface area contributed by atoms with Crippen molar-refractivity contribution >= 4 is 0 Å². The van der Waals surface area contributed by atoms with Crippen LogP contribution in [0.25, 0.3) is 0 Å². The Bertz CT molecular complexity index is 198. The minimum atomic E-state index is -0.133. The number of aliphatic hydroxyl groups excluding tert-OH is 1. The summed E-state index contributed by atoms with van der Waals surface area (Å²) in [5.41, 5.74) is 1.20. The van der Waals surface area contributed by atoms with Gasteiger partial charge < -0.3 is 5.11 Å². The SMILES string of the molecule is C=C(CC)CC(O)C1CCCC(CC)C1. The maximum Gasteiger partial charge on any atom is 0.0605 e. The van der Waals surface area contributed by atoms with Gasteiger partial charge in [0.05, 0.1) is 6.10 Å². The maximum atomic E-state index is 10.1. The van der Waals surface area contributed by atoms with Gasteiger partial charge in [-0.2, -0.15) is 0 Å². The summed E-state index contributed by atoms with van der Waals surface area (Å²) in [4.78, 5) is 0. The van der Waals surface area contributed by atoms with Crippen LogP contribution in [0.3, 0.4) is 0 Å². The van der Waals surface area contributed by atoms with Crippen molar-refractivity contribution < 1.29 is 5.11 Å². The summed E-state index contributed by atoms with van der Waals surface area (Å²) in [5, 5.41) is 10.1. The molecule has 0 aliphatic heterocycles. The van der Waals surface area contributed by atoms with E-state index < -0.39 is 0 Å². The van der Waals surface area contributed by atoms with Crippen LogP contribution >= 0.6 is 0 Å². The molecule has 1 heteroatoms. The van der Waals surface area contributed by atoms with E-state index in [1.807, 2.05) is 0 Å². The van der Waals surface area contributed by atoms with E-state index in [2.05, 4.69) is 20.4 Å². The minimum absolute atomic E-state index is 0.133. The van der Waals surface area contributed by atoms with Gasteiger partial charge >= 0.3 is 0 Å². The summed E-state index contributed by atoms with van der Waals surface area (Å²) < 4.78 is 0. The van der Waals surface area contributed by atoms with Gasteiger partial charge in [-0.1, -0.05) is 45.3 Å². The van der Waals surface area contributed by atoms with Crippen molar-refractivity contribution in [3.63, 3.8) is 0 Å². The molecule has 0 spiro atoms. The Morgan fingerprint density at radius 2 is 2.13 bits per heavy atom. The van der Waals surface area contributed by atoms with Crippen LogP contribution in [0.2, 0.25) is 0 Å². The van der Waals surface area contributed by atoms with Crippen LogP contribution in [0.1, 0.15) is 58.8 Å². The largest absolute Gasteiger partial charge is 0.393 e. The van der Waals surface area contributed by atoms with Gasteiger partial charge in [-0.3, -0.25) is 0 Å². The lowest BCUT2D eigenvalue weighted by molar-refractivity contribution is 0.0681. The lowest BCUT2D eigenvalue weighted by atomic mass is 9.76. The molecule has 1 aliphatic rings. The van der Waals surface area contributed by atoms with Crippen LogP contribution in [-0.4, -0.2) is 11.2 Å². The quantitative estimate of drug-likeness (QED) is 0.682. The molecule has 0 heterocycles. The highest BCUT2D eigenvalue weighted by Gasteiger charge is 2.26. The van der Waals surface area contributed by atoms with Crippen molar-refractivity contribution in [2.45, 2.75) is 64.9 Å². The van der Waals surface area contributed by atoms with Gasteiger partial charge in [-0.15, -0.1) is 0 Å². The fraction of sp³-hybridized carbons (Fsp3) is 0.857. The average molecular weight is 210 g/mol. The van der Waals surface area contributed by atoms with Crippen LogP contribution in [0.4, 0.5) is 0 Å². The first kappa shape index (κ1) is 12.8. The molecule has 0 aromatic rings. The smallest absolute Gasteiger partial charge is 0.0605 e. The molecule has 3 unspecified atom stereocenters. The Morgan fingerprint density at radius 1 is 1.40 bits per heavy atom. The van der Waals surface area contributed by atoms with Crippen LogP contribution < -0.4 is 0 Å². The molecule has 1 aliphatic carbocycles. The highest BCUT2D eigenvalue weighted by Crippen LogP contribution is 2.34. The van der Waals surface area contributed by atoms with E-state index in [-0.39, 0.29) is 6.10 Å². The van der Waals surface area contributed by atoms with Crippen molar-refractivity contribution in [3.05, 3.63) is 12.2 Å². The molecule has 0 radical (unpaired) electrons. The molecule has 1 rings (SSSR count). The van der Waals surface area contributed by atoms with Gasteiger partial charge in [0.1, 0.15) is 0 Å². The zero-order chi connectivity index (χ0) is 11.3. The number of hydrogen-bond acceptors (Lipinski definition) is 1. The van der Waals surface area contributed by atoms with Gasteiger partial charge in [-0.05, 0) is 37.5 Å². The highest BCUT2D eigenvalue weighted by atomic mass is 16.3. The Morgan fingerprint density at radius 3 is 2.73 bits per heavy atom. The van der Waals surface area contributed by atoms with Gasteiger partial charge in [0.2, 0.25) is 0 Å². The third-order valence-corrected chi connectivity index (χ3v) is 3.94. The second kappa shape index (κ2) is 6.32. The van der Waals surface area contributed by atoms with Gasteiger partial charge in [0.25, 0.3) is 0 Å². The topological polar surface area (TPSA) is 20.2 Å². The molecule has 1 saturated carbocycles. The number of rotatable bonds is 5. The van der Waals surface area contributed by atoms with E-state index in [4.69, 9.17) is 0 Å². The summed E-state index contributed by atoms with van der Waals surface area (Å²) in [6, 6.07) is 0. The van der Waals surface area contributed by atoms with Crippen molar-refractivity contribution in [3.8, 4) is 0 Å². The second-order valence-corrected chi connectivity index (χ2v) is 5.08. The highest BCUT2D eigenvalue weighted by molar-refractivity contribution is 4.96. The van der Waals surface area contributed by atoms with Gasteiger partial charge in [0, 0.05) is 0 Å². The van der Waals surface area contributed by atoms with E-state index >= 15 is 0 Å². The van der Waals surface area contributed by atoms with E-state index in [1.165, 1.54) is 37.7 Å². The third kappa shape index (κ3) is 3.98. The Balaban J connectivity index is 2.37. The third-order valence-electron chi connectivity index (χ3n) is 3.94. The fourth-order valence-electron chi connectivity index (χ4n) is 2.66. The minimum Gasteiger partial charge on any atom is -0.393 e. The van der Waals surface area contributed by atoms with Crippen LogP contribution in [0.15, 0.2) is 12.2 Å². The second-order valence-electron chi connectivity index (χ2n) is 5.08. The zero-order valence-electron chi connectivity index (χ0n) is 10.3. The van der Waals surface area contributed by atoms with Crippen molar-refractivity contribution in [2.75, 3.05) is 0 Å². The number of aliphatic hydroxyl groups is 1. The molecule has 0 saturated heterocycles. The Kier molecular flexibility index (Phi) is 5.38. The van der Waals surface area contributed by atoms with Crippen LogP contribution in [0, 0.1) is 11.8 Å². The Hall–Kier alpha value is -0.300. The van der Waals surface area contributed by atoms with Crippen molar-refractivity contribution in [2.24, 2.45) is 11.8 Å². The average Bonchev–Trinajstić information content (AvgIpc) is 2.28. The molecular weight excluding hydrogens is 184 g/mol. The first-order valence-corrected chi connectivity index (χ1v) is 6.52. The first-order valence-electron chi connectivity index (χ1n) is 6.52. The molecule has 88 valence electrons. The molecule has 15 heavy (non-hydrogen) atoms. The predicted octanol–water partition coefficient (Wildman–Crippen LogP) is 3.92. The van der Waals surface area contributed by atoms with Crippen LogP contribution in [-0.2, 0) is 0 Å². The molecule has 3 atom stereocenters. The van der Waals surface area contributed by atoms with E-state index in [0.717, 1.165) is 18.8 Å². The molecule has 1 N–H and O–H groups in total. The molecule has 1 fully saturated rings. The van der Waals surface area contributed by atoms with Crippen molar-refractivity contribution in [1.82, 2.24) is 0 Å². The molecular formula is C14H26O. The summed E-state index contributed by atoms with van der Waals surface area (Å²) in [6.45, 7) is 8.37. The van der Waals surface area contributed by atoms with E-state index in [9.17, 15) is 5.11 Å². The number of hydrogen-bond donors (Lipinski definition) is 1. The molecule has 0 aromatic carbocycles. The maximum absolute atomic E-state index is 10.1. The van der Waals surface area contributed by atoms with Gasteiger partial charge in [-0.25, -0.2) is 0 Å². The lowest BCUT2D eigenvalue weighted by Crippen LogP contribution is -2.26. The Labute approximate surface area is 94.6 Å². The lowest BCUT2D eigenvalue weighted by Gasteiger charge is -2.32. The molecule has 0 aromatic heterocycles. The standard InChI is InChI=1S/C14H26O/c1-4-11(3)9-14(15)13-8-6-7-12(5-2)10-13/h12-15H,3-10H2,1-2H3. The van der Waals surface area contributed by atoms with E-state index in [0.29, 0.717) is 5.92 Å². The normalized spacial score (nSPS) is 28.7. The van der Waals surface area contributed by atoms with Crippen LogP contribution in [0.5, 0.6) is 0 Å². The summed E-state index contributed by atoms with van der Waals surface area (Å²) >= 11 is 0. The van der Waals surface area contributed by atoms with E-state index in [1.54, 1.807) is 0 Å². The summed E-state index contributed by atoms with van der Waals surface area (Å²) in [5.74, 6) is 1.39. The van der Waals surface area contributed by atoms with Gasteiger partial charge in [0.15, 0.2) is 0 Å².